The molecule has 0 atom stereocenters. The molecule has 0 unspecified atom stereocenters. The predicted molar refractivity (Wildman–Crippen MR) is 77.0 cm³/mol. The topological polar surface area (TPSA) is 139 Å². The van der Waals surface area contributed by atoms with E-state index in [2.05, 4.69) is 5.43 Å². The van der Waals surface area contributed by atoms with Crippen molar-refractivity contribution in [3.8, 4) is 0 Å². The highest BCUT2D eigenvalue weighted by molar-refractivity contribution is 7.89. The number of nitrogens with zero attached hydrogens (tertiary/aromatic N) is 2. The summed E-state index contributed by atoms with van der Waals surface area (Å²) in [7, 11) is -2.87. The fourth-order valence-electron chi connectivity index (χ4n) is 1.77. The summed E-state index contributed by atoms with van der Waals surface area (Å²) in [5.41, 5.74) is 0.571. The van der Waals surface area contributed by atoms with Gasteiger partial charge in [-0.25, -0.2) is 8.42 Å². The number of nitrogens with two attached hydrogens (primary N) is 1. The fraction of sp³-hybridized carbons (Fsp3) is 0.455. The summed E-state index contributed by atoms with van der Waals surface area (Å²) in [4.78, 5) is 9.79. The van der Waals surface area contributed by atoms with Gasteiger partial charge in [0.25, 0.3) is 5.69 Å². The molecule has 0 aliphatic heterocycles. The number of nitrogen functional groups attached to an aromatic ring is 1. The van der Waals surface area contributed by atoms with Crippen LogP contribution >= 0.6 is 0 Å². The lowest BCUT2D eigenvalue weighted by Crippen LogP contribution is -2.39. The van der Waals surface area contributed by atoms with Gasteiger partial charge in [0.05, 0.1) is 16.2 Å². The molecule has 1 rings (SSSR count). The third kappa shape index (κ3) is 4.11. The smallest absolute Gasteiger partial charge is 0.291 e. The number of hydrazine groups is 1. The van der Waals surface area contributed by atoms with E-state index < -0.39 is 31.1 Å². The zero-order valence-electron chi connectivity index (χ0n) is 11.9. The zero-order valence-corrected chi connectivity index (χ0v) is 12.7. The highest BCUT2D eigenvalue weighted by Gasteiger charge is 2.32. The van der Waals surface area contributed by atoms with Crippen molar-refractivity contribution in [2.45, 2.75) is 24.3 Å². The number of anilines is 1. The van der Waals surface area contributed by atoms with Crippen molar-refractivity contribution >= 4 is 21.4 Å². The van der Waals surface area contributed by atoms with Crippen molar-refractivity contribution in [2.24, 2.45) is 5.84 Å². The number of nitrogens with one attached hydrogen (secondary N) is 1. The molecule has 0 radical (unpaired) electrons. The summed E-state index contributed by atoms with van der Waals surface area (Å²) < 4.78 is 25.7. The van der Waals surface area contributed by atoms with E-state index in [0.29, 0.717) is 0 Å². The average Bonchev–Trinajstić information content (AvgIpc) is 2.35. The first kappa shape index (κ1) is 17.3. The summed E-state index contributed by atoms with van der Waals surface area (Å²) >= 11 is 0. The van der Waals surface area contributed by atoms with E-state index in [4.69, 9.17) is 5.84 Å². The van der Waals surface area contributed by atoms with Crippen LogP contribution in [0.2, 0.25) is 0 Å². The summed E-state index contributed by atoms with van der Waals surface area (Å²) in [6.45, 7) is 2.67. The van der Waals surface area contributed by atoms with Crippen molar-refractivity contribution in [3.05, 3.63) is 28.3 Å². The number of nitro groups is 1. The van der Waals surface area contributed by atoms with Gasteiger partial charge in [-0.1, -0.05) is 0 Å². The number of hydrogen-bond acceptors (Lipinski definition) is 7. The molecule has 0 aliphatic rings. The van der Waals surface area contributed by atoms with Gasteiger partial charge >= 0.3 is 0 Å². The lowest BCUT2D eigenvalue weighted by atomic mass is 10.1. The summed E-state index contributed by atoms with van der Waals surface area (Å²) in [5, 5.41) is 20.7. The van der Waals surface area contributed by atoms with Gasteiger partial charge in [-0.15, -0.1) is 0 Å². The van der Waals surface area contributed by atoms with Gasteiger partial charge in [0, 0.05) is 19.7 Å². The van der Waals surface area contributed by atoms with E-state index in [1.807, 2.05) is 0 Å². The first-order valence-electron chi connectivity index (χ1n) is 5.93. The first-order chi connectivity index (χ1) is 9.49. The Balaban J connectivity index is 3.34. The van der Waals surface area contributed by atoms with E-state index in [-0.39, 0.29) is 12.2 Å². The molecule has 0 heterocycles. The number of likely N-dealkylation sites (N-methyl/N-ethyl adjacent to an activating group) is 1. The van der Waals surface area contributed by atoms with Gasteiger partial charge in [-0.05, 0) is 26.0 Å². The fourth-order valence-corrected chi connectivity index (χ4v) is 3.23. The maximum Gasteiger partial charge on any atom is 0.291 e. The van der Waals surface area contributed by atoms with Crippen LogP contribution in [0, 0.1) is 10.1 Å². The molecular formula is C11H18N4O5S. The van der Waals surface area contributed by atoms with Crippen LogP contribution in [0.1, 0.15) is 13.8 Å². The van der Waals surface area contributed by atoms with Crippen LogP contribution < -0.4 is 11.3 Å². The second kappa shape index (κ2) is 5.93. The van der Waals surface area contributed by atoms with Crippen LogP contribution in [0.3, 0.4) is 0 Å². The quantitative estimate of drug-likeness (QED) is 0.388. The van der Waals surface area contributed by atoms with Crippen LogP contribution in [-0.2, 0) is 10.0 Å². The maximum atomic E-state index is 12.4. The minimum Gasteiger partial charge on any atom is -0.389 e. The minimum absolute atomic E-state index is 0.205. The van der Waals surface area contributed by atoms with Crippen LogP contribution in [0.15, 0.2) is 23.1 Å². The number of hydrogen-bond donors (Lipinski definition) is 3. The second-order valence-corrected chi connectivity index (χ2v) is 7.17. The molecule has 0 aromatic heterocycles. The van der Waals surface area contributed by atoms with E-state index >= 15 is 0 Å². The van der Waals surface area contributed by atoms with Gasteiger partial charge in [0.15, 0.2) is 4.90 Å². The molecule has 0 amide bonds. The number of benzene rings is 1. The largest absolute Gasteiger partial charge is 0.389 e. The van der Waals surface area contributed by atoms with Gasteiger partial charge in [0.1, 0.15) is 0 Å². The number of rotatable bonds is 6. The Morgan fingerprint density at radius 1 is 1.48 bits per heavy atom. The Hall–Kier alpha value is -1.75. The Labute approximate surface area is 122 Å². The second-order valence-electron chi connectivity index (χ2n) is 5.16. The van der Waals surface area contributed by atoms with Crippen molar-refractivity contribution < 1.29 is 18.4 Å². The lowest BCUT2D eigenvalue weighted by Gasteiger charge is -2.25. The van der Waals surface area contributed by atoms with Gasteiger partial charge in [-0.3, -0.25) is 16.0 Å². The van der Waals surface area contributed by atoms with E-state index in [0.717, 1.165) is 16.4 Å². The first-order valence-corrected chi connectivity index (χ1v) is 7.37. The highest BCUT2D eigenvalue weighted by Crippen LogP contribution is 2.29. The van der Waals surface area contributed by atoms with Crippen LogP contribution in [0.25, 0.3) is 0 Å². The molecule has 0 aliphatic carbocycles. The Morgan fingerprint density at radius 2 is 2.05 bits per heavy atom. The highest BCUT2D eigenvalue weighted by atomic mass is 32.2. The molecular weight excluding hydrogens is 300 g/mol. The molecule has 0 saturated carbocycles. The summed E-state index contributed by atoms with van der Waals surface area (Å²) in [6.07, 6.45) is 0. The van der Waals surface area contributed by atoms with Crippen LogP contribution in [0.4, 0.5) is 11.4 Å². The predicted octanol–water partition coefficient (Wildman–Crippen LogP) is 0.272. The standard InChI is InChI=1S/C11H18N4O5S/c1-11(2,16)7-14(3)21(19,20)10-5-4-8(13-12)6-9(10)15(17)18/h4-6,13,16H,7,12H2,1-3H3. The zero-order chi connectivity index (χ0) is 16.4. The third-order valence-electron chi connectivity index (χ3n) is 2.62. The molecule has 4 N–H and O–H groups in total. The molecule has 21 heavy (non-hydrogen) atoms. The molecule has 0 spiro atoms. The van der Waals surface area contributed by atoms with Crippen molar-refractivity contribution in [3.63, 3.8) is 0 Å². The lowest BCUT2D eigenvalue weighted by molar-refractivity contribution is -0.387. The minimum atomic E-state index is -4.11. The van der Waals surface area contributed by atoms with Gasteiger partial charge < -0.3 is 10.5 Å². The molecule has 0 bridgehead atoms. The molecule has 9 nitrogen and oxygen atoms in total. The van der Waals surface area contributed by atoms with Crippen LogP contribution in [-0.4, -0.2) is 41.9 Å². The summed E-state index contributed by atoms with van der Waals surface area (Å²) in [6, 6.07) is 3.45. The maximum absolute atomic E-state index is 12.4. The van der Waals surface area contributed by atoms with Gasteiger partial charge in [-0.2, -0.15) is 4.31 Å². The molecule has 10 heteroatoms. The number of nitro benzene ring substituents is 1. The number of sulfonamides is 1. The Bertz CT molecular complexity index is 639. The van der Waals surface area contributed by atoms with Gasteiger partial charge in [0.2, 0.25) is 10.0 Å². The molecule has 118 valence electrons. The Kier molecular flexibility index (Phi) is 4.89. The van der Waals surface area contributed by atoms with E-state index in [1.165, 1.54) is 27.0 Å². The molecule has 0 saturated heterocycles. The SMILES string of the molecule is CN(CC(C)(C)O)S(=O)(=O)c1ccc(NN)cc1[N+](=O)[O-]. The normalized spacial score (nSPS) is 12.5. The molecule has 0 fully saturated rings. The average molecular weight is 318 g/mol. The molecule has 1 aromatic rings. The number of aliphatic hydroxyl groups is 1. The van der Waals surface area contributed by atoms with Crippen LogP contribution in [0.5, 0.6) is 0 Å². The van der Waals surface area contributed by atoms with E-state index in [1.54, 1.807) is 0 Å². The molecule has 1 aromatic carbocycles. The van der Waals surface area contributed by atoms with E-state index in [9.17, 15) is 23.6 Å². The Morgan fingerprint density at radius 3 is 2.48 bits per heavy atom. The monoisotopic (exact) mass is 318 g/mol. The van der Waals surface area contributed by atoms with Crippen molar-refractivity contribution in [1.82, 2.24) is 4.31 Å². The van der Waals surface area contributed by atoms with Crippen molar-refractivity contribution in [1.29, 1.82) is 0 Å². The third-order valence-corrected chi connectivity index (χ3v) is 4.47. The summed E-state index contributed by atoms with van der Waals surface area (Å²) in [5.74, 6) is 5.16. The van der Waals surface area contributed by atoms with Crippen molar-refractivity contribution in [2.75, 3.05) is 19.0 Å².